The molecule has 4 rings (SSSR count). The van der Waals surface area contributed by atoms with Gasteiger partial charge in [-0.3, -0.25) is 4.79 Å². The van der Waals surface area contributed by atoms with Crippen molar-refractivity contribution in [2.45, 2.75) is 30.8 Å². The molecule has 0 aliphatic rings. The van der Waals surface area contributed by atoms with Gasteiger partial charge in [0.2, 0.25) is 17.6 Å². The zero-order valence-electron chi connectivity index (χ0n) is 20.9. The third kappa shape index (κ3) is 6.83. The topological polar surface area (TPSA) is 134 Å². The van der Waals surface area contributed by atoms with E-state index in [0.717, 1.165) is 16.7 Å². The third-order valence-corrected chi connectivity index (χ3v) is 7.05. The Bertz CT molecular complexity index is 1490. The summed E-state index contributed by atoms with van der Waals surface area (Å²) in [5.74, 6) is 0.563. The molecule has 1 aromatic heterocycles. The fourth-order valence-electron chi connectivity index (χ4n) is 3.81. The average Bonchev–Trinajstić information content (AvgIpc) is 3.35. The first kappa shape index (κ1) is 26.6. The van der Waals surface area contributed by atoms with Gasteiger partial charge in [0.1, 0.15) is 6.04 Å². The predicted molar refractivity (Wildman–Crippen MR) is 140 cm³/mol. The number of carbonyl (C=O) groups excluding carboxylic acids is 2. The lowest BCUT2D eigenvalue weighted by molar-refractivity contribution is -0.132. The number of rotatable bonds is 9. The van der Waals surface area contributed by atoms with Crippen LogP contribution in [-0.2, 0) is 27.8 Å². The van der Waals surface area contributed by atoms with E-state index in [2.05, 4.69) is 15.5 Å². The van der Waals surface area contributed by atoms with Crippen LogP contribution in [0.5, 0.6) is 0 Å². The van der Waals surface area contributed by atoms with Crippen LogP contribution in [0.1, 0.15) is 17.0 Å². The molecule has 4 aromatic rings. The van der Waals surface area contributed by atoms with E-state index < -0.39 is 22.1 Å². The number of aryl methyl sites for hydroxylation is 1. The van der Waals surface area contributed by atoms with Crippen molar-refractivity contribution in [1.29, 1.82) is 0 Å². The van der Waals surface area contributed by atoms with E-state index in [4.69, 9.17) is 4.52 Å². The number of carbonyl (C=O) groups is 2. The van der Waals surface area contributed by atoms with Crippen LogP contribution in [0, 0.1) is 6.92 Å². The molecule has 0 bridgehead atoms. The number of urea groups is 1. The van der Waals surface area contributed by atoms with Gasteiger partial charge in [0.15, 0.2) is 0 Å². The summed E-state index contributed by atoms with van der Waals surface area (Å²) in [7, 11) is -2.48. The summed E-state index contributed by atoms with van der Waals surface area (Å²) in [6, 6.07) is 22.1. The Hall–Kier alpha value is -4.51. The quantitative estimate of drug-likeness (QED) is 0.337. The lowest BCUT2D eigenvalue weighted by atomic mass is 10.0. The summed E-state index contributed by atoms with van der Waals surface area (Å²) in [4.78, 5) is 31.7. The van der Waals surface area contributed by atoms with Crippen molar-refractivity contribution >= 4 is 22.0 Å². The van der Waals surface area contributed by atoms with Crippen molar-refractivity contribution in [2.24, 2.45) is 0 Å². The van der Waals surface area contributed by atoms with E-state index >= 15 is 0 Å². The zero-order valence-corrected chi connectivity index (χ0v) is 21.7. The van der Waals surface area contributed by atoms with Crippen LogP contribution in [-0.4, -0.2) is 48.5 Å². The zero-order chi connectivity index (χ0) is 27.1. The fraction of sp³-hybridized carbons (Fsp3) is 0.185. The van der Waals surface area contributed by atoms with Gasteiger partial charge >= 0.3 is 6.03 Å². The second kappa shape index (κ2) is 11.7. The van der Waals surface area contributed by atoms with Gasteiger partial charge in [-0.2, -0.15) is 4.98 Å². The highest BCUT2D eigenvalue weighted by Crippen LogP contribution is 2.17. The number of hydrogen-bond donors (Lipinski definition) is 2. The van der Waals surface area contributed by atoms with Gasteiger partial charge in [-0.05, 0) is 23.3 Å². The summed E-state index contributed by atoms with van der Waals surface area (Å²) in [5.41, 5.74) is 2.43. The molecule has 38 heavy (non-hydrogen) atoms. The van der Waals surface area contributed by atoms with Gasteiger partial charge in [-0.25, -0.2) is 17.9 Å². The molecule has 0 saturated heterocycles. The fourth-order valence-corrected chi connectivity index (χ4v) is 4.75. The first-order valence-electron chi connectivity index (χ1n) is 11.8. The van der Waals surface area contributed by atoms with Gasteiger partial charge in [0.25, 0.3) is 10.0 Å². The normalized spacial score (nSPS) is 11.9. The molecule has 0 aliphatic carbocycles. The van der Waals surface area contributed by atoms with E-state index in [0.29, 0.717) is 11.7 Å². The SMILES string of the molecule is Cc1nc(-c2ccc(CN(C)C(=O)C(Cc3ccccc3)NC(=O)NS(=O)(=O)c3ccccc3)cc2)no1. The first-order valence-corrected chi connectivity index (χ1v) is 13.3. The molecule has 0 aliphatic heterocycles. The van der Waals surface area contributed by atoms with E-state index in [1.165, 1.54) is 17.0 Å². The second-order valence-corrected chi connectivity index (χ2v) is 10.3. The largest absolute Gasteiger partial charge is 0.340 e. The molecule has 0 fully saturated rings. The van der Waals surface area contributed by atoms with Crippen molar-refractivity contribution in [2.75, 3.05) is 7.05 Å². The molecule has 3 amide bonds. The summed E-state index contributed by atoms with van der Waals surface area (Å²) in [6.07, 6.45) is 0.179. The number of benzene rings is 3. The number of nitrogens with one attached hydrogen (secondary N) is 2. The van der Waals surface area contributed by atoms with Crippen molar-refractivity contribution < 1.29 is 22.5 Å². The molecule has 1 atom stereocenters. The molecular formula is C27H27N5O5S. The Morgan fingerprint density at radius 2 is 1.55 bits per heavy atom. The molecular weight excluding hydrogens is 506 g/mol. The number of sulfonamides is 1. The van der Waals surface area contributed by atoms with Crippen molar-refractivity contribution in [3.8, 4) is 11.4 Å². The minimum absolute atomic E-state index is 0.0577. The van der Waals surface area contributed by atoms with Crippen molar-refractivity contribution in [3.05, 3.63) is 102 Å². The maximum Gasteiger partial charge on any atom is 0.329 e. The number of amides is 3. The maximum absolute atomic E-state index is 13.4. The summed E-state index contributed by atoms with van der Waals surface area (Å²) >= 11 is 0. The number of aromatic nitrogens is 2. The predicted octanol–water partition coefficient (Wildman–Crippen LogP) is 3.30. The molecule has 3 aromatic carbocycles. The van der Waals surface area contributed by atoms with E-state index in [9.17, 15) is 18.0 Å². The lowest BCUT2D eigenvalue weighted by Crippen LogP contribution is -2.52. The second-order valence-electron chi connectivity index (χ2n) is 8.66. The Morgan fingerprint density at radius 3 is 2.16 bits per heavy atom. The minimum Gasteiger partial charge on any atom is -0.340 e. The van der Waals surface area contributed by atoms with Crippen LogP contribution in [0.25, 0.3) is 11.4 Å². The van der Waals surface area contributed by atoms with Gasteiger partial charge in [0, 0.05) is 32.5 Å². The smallest absolute Gasteiger partial charge is 0.329 e. The molecule has 196 valence electrons. The van der Waals surface area contributed by atoms with Crippen LogP contribution in [0.15, 0.2) is 94.3 Å². The number of likely N-dealkylation sites (N-methyl/N-ethyl adjacent to an activating group) is 1. The maximum atomic E-state index is 13.4. The van der Waals surface area contributed by atoms with Gasteiger partial charge in [-0.15, -0.1) is 0 Å². The molecule has 0 radical (unpaired) electrons. The van der Waals surface area contributed by atoms with Crippen LogP contribution in [0.4, 0.5) is 4.79 Å². The standard InChI is InChI=1S/C27H27N5O5S/c1-19-28-25(30-37-19)22-15-13-21(14-16-22)18-32(2)26(33)24(17-20-9-5-3-6-10-20)29-27(34)31-38(35,36)23-11-7-4-8-12-23/h3-16,24H,17-18H2,1-2H3,(H2,29,31,34). The Balaban J connectivity index is 1.46. The van der Waals surface area contributed by atoms with Crippen LogP contribution >= 0.6 is 0 Å². The Morgan fingerprint density at radius 1 is 0.921 bits per heavy atom. The molecule has 1 heterocycles. The van der Waals surface area contributed by atoms with Crippen molar-refractivity contribution in [3.63, 3.8) is 0 Å². The first-order chi connectivity index (χ1) is 18.2. The van der Waals surface area contributed by atoms with E-state index in [-0.39, 0.29) is 23.8 Å². The monoisotopic (exact) mass is 533 g/mol. The highest BCUT2D eigenvalue weighted by Gasteiger charge is 2.27. The van der Waals surface area contributed by atoms with Crippen LogP contribution < -0.4 is 10.0 Å². The highest BCUT2D eigenvalue weighted by molar-refractivity contribution is 7.90. The average molecular weight is 534 g/mol. The third-order valence-electron chi connectivity index (χ3n) is 5.70. The Labute approximate surface area is 220 Å². The molecule has 10 nitrogen and oxygen atoms in total. The van der Waals surface area contributed by atoms with E-state index in [1.54, 1.807) is 32.2 Å². The summed E-state index contributed by atoms with van der Waals surface area (Å²) in [6.45, 7) is 1.98. The summed E-state index contributed by atoms with van der Waals surface area (Å²) in [5, 5.41) is 6.44. The van der Waals surface area contributed by atoms with Gasteiger partial charge < -0.3 is 14.7 Å². The van der Waals surface area contributed by atoms with Gasteiger partial charge in [-0.1, -0.05) is 78.0 Å². The molecule has 2 N–H and O–H groups in total. The molecule has 1 unspecified atom stereocenters. The van der Waals surface area contributed by atoms with Gasteiger partial charge in [0.05, 0.1) is 4.90 Å². The Kier molecular flexibility index (Phi) is 8.17. The molecule has 11 heteroatoms. The molecule has 0 spiro atoms. The summed E-state index contributed by atoms with van der Waals surface area (Å²) < 4.78 is 32.2. The number of nitrogens with zero attached hydrogens (tertiary/aromatic N) is 3. The van der Waals surface area contributed by atoms with Crippen LogP contribution in [0.3, 0.4) is 0 Å². The highest BCUT2D eigenvalue weighted by atomic mass is 32.2. The van der Waals surface area contributed by atoms with E-state index in [1.807, 2.05) is 59.3 Å². The van der Waals surface area contributed by atoms with Crippen LogP contribution in [0.2, 0.25) is 0 Å². The minimum atomic E-state index is -4.10. The lowest BCUT2D eigenvalue weighted by Gasteiger charge is -2.25. The van der Waals surface area contributed by atoms with Crippen molar-refractivity contribution in [1.82, 2.24) is 25.1 Å². The molecule has 0 saturated carbocycles. The number of hydrogen-bond acceptors (Lipinski definition) is 7.